The van der Waals surface area contributed by atoms with Gasteiger partial charge in [-0.05, 0) is 43.7 Å². The molecule has 0 aliphatic carbocycles. The van der Waals surface area contributed by atoms with Gasteiger partial charge in [-0.3, -0.25) is 19.8 Å². The van der Waals surface area contributed by atoms with E-state index in [0.717, 1.165) is 18.7 Å². The molecule has 31 heavy (non-hydrogen) atoms. The number of ether oxygens (including phenoxy) is 1. The van der Waals surface area contributed by atoms with Crippen molar-refractivity contribution >= 4 is 23.0 Å². The first kappa shape index (κ1) is 20.6. The van der Waals surface area contributed by atoms with E-state index in [4.69, 9.17) is 15.5 Å². The largest absolute Gasteiger partial charge is 0.490 e. The number of carbonyl (C=O) groups is 1. The second kappa shape index (κ2) is 8.23. The van der Waals surface area contributed by atoms with Crippen molar-refractivity contribution in [1.29, 1.82) is 0 Å². The van der Waals surface area contributed by atoms with Gasteiger partial charge in [0.2, 0.25) is 0 Å². The maximum absolute atomic E-state index is 11.5. The molecule has 0 spiro atoms. The number of carboxylic acids is 1. The highest BCUT2D eigenvalue weighted by Crippen LogP contribution is 2.34. The van der Waals surface area contributed by atoms with Gasteiger partial charge < -0.3 is 20.0 Å². The number of likely N-dealkylation sites (tertiary alicyclic amines) is 1. The first-order chi connectivity index (χ1) is 14.9. The highest BCUT2D eigenvalue weighted by Gasteiger charge is 2.27. The summed E-state index contributed by atoms with van der Waals surface area (Å²) in [4.78, 5) is 29.3. The summed E-state index contributed by atoms with van der Waals surface area (Å²) in [7, 11) is 1.39. The molecule has 2 aromatic heterocycles. The first-order valence-electron chi connectivity index (χ1n) is 9.91. The average molecular weight is 425 g/mol. The van der Waals surface area contributed by atoms with Crippen LogP contribution in [0.4, 0.5) is 11.4 Å². The Morgan fingerprint density at radius 1 is 1.39 bits per heavy atom. The summed E-state index contributed by atoms with van der Waals surface area (Å²) in [6, 6.07) is 8.27. The molecule has 10 heteroatoms. The second-order valence-electron chi connectivity index (χ2n) is 7.65. The number of benzene rings is 1. The molecule has 3 aromatic rings. The molecule has 1 fully saturated rings. The summed E-state index contributed by atoms with van der Waals surface area (Å²) in [6.45, 7) is 1.65. The van der Waals surface area contributed by atoms with E-state index in [9.17, 15) is 20.0 Å². The van der Waals surface area contributed by atoms with Crippen molar-refractivity contribution in [2.75, 3.05) is 25.9 Å². The quantitative estimate of drug-likeness (QED) is 0.454. The SMILES string of the molecule is COc1ccc(-c2nc3ccc(N)cn3c2CN2CCCC(C(=O)O)C2)cc1[N+](=O)[O-]. The molecule has 1 saturated heterocycles. The zero-order valence-electron chi connectivity index (χ0n) is 17.0. The standard InChI is InChI=1S/C21H23N5O5/c1-31-18-6-4-13(9-16(18)26(29)30)20-17(25-11-15(22)5-7-19(25)23-20)12-24-8-2-3-14(10-24)21(27)28/h4-7,9,11,14H,2-3,8,10,12,22H2,1H3,(H,27,28). The number of nitro groups is 1. The van der Waals surface area contributed by atoms with E-state index in [0.29, 0.717) is 42.1 Å². The Kier molecular flexibility index (Phi) is 5.47. The number of nitrogens with two attached hydrogens (primary N) is 1. The number of nitrogen functional groups attached to an aromatic ring is 1. The number of anilines is 1. The van der Waals surface area contributed by atoms with Gasteiger partial charge in [0.05, 0.1) is 29.3 Å². The number of hydrogen-bond donors (Lipinski definition) is 2. The zero-order chi connectivity index (χ0) is 22.1. The minimum Gasteiger partial charge on any atom is -0.490 e. The number of pyridine rings is 1. The van der Waals surface area contributed by atoms with Gasteiger partial charge >= 0.3 is 11.7 Å². The predicted molar refractivity (Wildman–Crippen MR) is 114 cm³/mol. The summed E-state index contributed by atoms with van der Waals surface area (Å²) in [6.07, 6.45) is 3.21. The van der Waals surface area contributed by atoms with Crippen molar-refractivity contribution in [2.45, 2.75) is 19.4 Å². The minimum atomic E-state index is -0.793. The lowest BCUT2D eigenvalue weighted by atomic mass is 9.98. The Morgan fingerprint density at radius 2 is 2.19 bits per heavy atom. The Bertz CT molecular complexity index is 1160. The number of methoxy groups -OCH3 is 1. The number of hydrogen-bond acceptors (Lipinski definition) is 7. The van der Waals surface area contributed by atoms with Crippen molar-refractivity contribution in [3.05, 3.63) is 52.3 Å². The van der Waals surface area contributed by atoms with E-state index >= 15 is 0 Å². The molecule has 10 nitrogen and oxygen atoms in total. The van der Waals surface area contributed by atoms with E-state index in [2.05, 4.69) is 4.90 Å². The number of piperidine rings is 1. The van der Waals surface area contributed by atoms with Gasteiger partial charge in [-0.15, -0.1) is 0 Å². The van der Waals surface area contributed by atoms with Gasteiger partial charge in [0.25, 0.3) is 0 Å². The molecule has 1 unspecified atom stereocenters. The van der Waals surface area contributed by atoms with Crippen LogP contribution in [0.1, 0.15) is 18.5 Å². The van der Waals surface area contributed by atoms with Crippen molar-refractivity contribution in [1.82, 2.24) is 14.3 Å². The number of imidazole rings is 1. The Hall–Kier alpha value is -3.66. The lowest BCUT2D eigenvalue weighted by Crippen LogP contribution is -2.38. The molecule has 0 saturated carbocycles. The number of aliphatic carboxylic acids is 1. The van der Waals surface area contributed by atoms with Crippen LogP contribution in [0.15, 0.2) is 36.5 Å². The van der Waals surface area contributed by atoms with Crippen LogP contribution in [0.2, 0.25) is 0 Å². The van der Waals surface area contributed by atoms with Crippen molar-refractivity contribution in [3.63, 3.8) is 0 Å². The Balaban J connectivity index is 1.80. The van der Waals surface area contributed by atoms with Crippen LogP contribution in [-0.4, -0.2) is 50.5 Å². The third-order valence-corrected chi connectivity index (χ3v) is 5.62. The first-order valence-corrected chi connectivity index (χ1v) is 9.91. The monoisotopic (exact) mass is 425 g/mol. The fourth-order valence-corrected chi connectivity index (χ4v) is 4.08. The van der Waals surface area contributed by atoms with Crippen molar-refractivity contribution in [3.8, 4) is 17.0 Å². The van der Waals surface area contributed by atoms with Gasteiger partial charge in [0.15, 0.2) is 5.75 Å². The van der Waals surface area contributed by atoms with E-state index < -0.39 is 16.8 Å². The highest BCUT2D eigenvalue weighted by atomic mass is 16.6. The number of rotatable bonds is 6. The number of nitro benzene ring substituents is 1. The Morgan fingerprint density at radius 3 is 2.90 bits per heavy atom. The van der Waals surface area contributed by atoms with E-state index in [-0.39, 0.29) is 11.4 Å². The number of fused-ring (bicyclic) bond motifs is 1. The average Bonchev–Trinajstić information content (AvgIpc) is 3.10. The van der Waals surface area contributed by atoms with E-state index in [1.165, 1.54) is 13.2 Å². The summed E-state index contributed by atoms with van der Waals surface area (Å²) in [5.41, 5.74) is 9.03. The van der Waals surface area contributed by atoms with Gasteiger partial charge in [-0.1, -0.05) is 0 Å². The molecule has 3 heterocycles. The van der Waals surface area contributed by atoms with Gasteiger partial charge in [-0.25, -0.2) is 4.98 Å². The molecule has 162 valence electrons. The van der Waals surface area contributed by atoms with Crippen LogP contribution in [0.5, 0.6) is 5.75 Å². The molecule has 4 rings (SSSR count). The van der Waals surface area contributed by atoms with Crippen molar-refractivity contribution < 1.29 is 19.6 Å². The number of aromatic nitrogens is 2. The fourth-order valence-electron chi connectivity index (χ4n) is 4.08. The predicted octanol–water partition coefficient (Wildman–Crippen LogP) is 2.80. The Labute approximate surface area is 178 Å². The lowest BCUT2D eigenvalue weighted by molar-refractivity contribution is -0.385. The summed E-state index contributed by atoms with van der Waals surface area (Å²) < 4.78 is 6.98. The van der Waals surface area contributed by atoms with Gasteiger partial charge in [0, 0.05) is 36.6 Å². The van der Waals surface area contributed by atoms with Crippen LogP contribution >= 0.6 is 0 Å². The highest BCUT2D eigenvalue weighted by molar-refractivity contribution is 5.72. The molecular weight excluding hydrogens is 402 g/mol. The number of carboxylic acid groups (broad SMARTS) is 1. The van der Waals surface area contributed by atoms with Crippen molar-refractivity contribution in [2.24, 2.45) is 5.92 Å². The van der Waals surface area contributed by atoms with E-state index in [1.54, 1.807) is 30.5 Å². The summed E-state index contributed by atoms with van der Waals surface area (Å²) >= 11 is 0. The second-order valence-corrected chi connectivity index (χ2v) is 7.65. The molecule has 0 amide bonds. The molecule has 1 aromatic carbocycles. The fraction of sp³-hybridized carbons (Fsp3) is 0.333. The van der Waals surface area contributed by atoms with Crippen LogP contribution in [0, 0.1) is 16.0 Å². The summed E-state index contributed by atoms with van der Waals surface area (Å²) in [5, 5.41) is 20.9. The molecule has 0 radical (unpaired) electrons. The maximum Gasteiger partial charge on any atom is 0.311 e. The van der Waals surface area contributed by atoms with Crippen LogP contribution in [-0.2, 0) is 11.3 Å². The molecule has 1 aliphatic heterocycles. The third-order valence-electron chi connectivity index (χ3n) is 5.62. The van der Waals surface area contributed by atoms with Crippen LogP contribution in [0.25, 0.3) is 16.9 Å². The molecule has 0 bridgehead atoms. The van der Waals surface area contributed by atoms with Crippen LogP contribution in [0.3, 0.4) is 0 Å². The normalized spacial score (nSPS) is 17.0. The lowest BCUT2D eigenvalue weighted by Gasteiger charge is -2.30. The summed E-state index contributed by atoms with van der Waals surface area (Å²) in [5.74, 6) is -1.04. The smallest absolute Gasteiger partial charge is 0.311 e. The van der Waals surface area contributed by atoms with Gasteiger partial charge in [0.1, 0.15) is 5.65 Å². The molecule has 1 aliphatic rings. The molecule has 3 N–H and O–H groups in total. The van der Waals surface area contributed by atoms with Gasteiger partial charge in [-0.2, -0.15) is 0 Å². The topological polar surface area (TPSA) is 136 Å². The number of nitrogens with zero attached hydrogens (tertiary/aromatic N) is 4. The molecule has 1 atom stereocenters. The zero-order valence-corrected chi connectivity index (χ0v) is 17.0. The van der Waals surface area contributed by atoms with Crippen LogP contribution < -0.4 is 10.5 Å². The minimum absolute atomic E-state index is 0.147. The maximum atomic E-state index is 11.5. The van der Waals surface area contributed by atoms with E-state index in [1.807, 2.05) is 4.40 Å². The molecular formula is C21H23N5O5. The third kappa shape index (κ3) is 4.02.